The van der Waals surface area contributed by atoms with Crippen molar-refractivity contribution in [1.29, 1.82) is 0 Å². The summed E-state index contributed by atoms with van der Waals surface area (Å²) in [6, 6.07) is 0. The van der Waals surface area contributed by atoms with Crippen molar-refractivity contribution in [3.8, 4) is 0 Å². The Kier molecular flexibility index (Phi) is 2.19. The third kappa shape index (κ3) is 1.11. The fraction of sp³-hybridized carbons (Fsp3) is 0.333. The minimum absolute atomic E-state index is 1.43. The number of fused-ring (bicyclic) bond motifs is 1. The van der Waals surface area contributed by atoms with Crippen LogP contribution in [0.25, 0.3) is 9.40 Å². The zero-order valence-corrected chi connectivity index (χ0v) is 9.75. The lowest BCUT2D eigenvalue weighted by atomic mass is 10.3. The molecule has 0 aliphatic heterocycles. The summed E-state index contributed by atoms with van der Waals surface area (Å²) in [5.41, 5.74) is 2.91. The van der Waals surface area contributed by atoms with Crippen LogP contribution in [0, 0.1) is 13.8 Å². The summed E-state index contributed by atoms with van der Waals surface area (Å²) in [5, 5.41) is 2.25. The quantitative estimate of drug-likeness (QED) is 0.638. The van der Waals surface area contributed by atoms with Gasteiger partial charge in [-0.15, -0.1) is 34.4 Å². The summed E-state index contributed by atoms with van der Waals surface area (Å²) in [7, 11) is 0. The smallest absolute Gasteiger partial charge is 0.0646 e. The molecule has 0 nitrogen and oxygen atoms in total. The average molecular weight is 214 g/mol. The van der Waals surface area contributed by atoms with Crippen molar-refractivity contribution in [3.05, 3.63) is 16.5 Å². The maximum Gasteiger partial charge on any atom is 0.0646 e. The molecule has 2 heterocycles. The van der Waals surface area contributed by atoms with Gasteiger partial charge >= 0.3 is 0 Å². The lowest BCUT2D eigenvalue weighted by Crippen LogP contribution is -1.63. The van der Waals surface area contributed by atoms with E-state index in [-0.39, 0.29) is 0 Å². The molecule has 0 bridgehead atoms. The molecule has 2 rings (SSSR count). The Balaban J connectivity index is 2.79. The summed E-state index contributed by atoms with van der Waals surface area (Å²) in [5.74, 6) is 0. The van der Waals surface area contributed by atoms with Crippen LogP contribution < -0.4 is 0 Å². The van der Waals surface area contributed by atoms with Crippen LogP contribution in [0.3, 0.4) is 0 Å². The number of hydrogen-bond acceptors (Lipinski definition) is 3. The Hall–Kier alpha value is 0.01000. The lowest BCUT2D eigenvalue weighted by molar-refractivity contribution is 1.48. The molecule has 0 saturated heterocycles. The second-order valence-corrected chi connectivity index (χ2v) is 5.77. The molecule has 12 heavy (non-hydrogen) atoms. The van der Waals surface area contributed by atoms with Crippen LogP contribution in [-0.4, -0.2) is 6.26 Å². The van der Waals surface area contributed by atoms with Crippen LogP contribution in [0.4, 0.5) is 0 Å². The van der Waals surface area contributed by atoms with Gasteiger partial charge in [-0.2, -0.15) is 0 Å². The first-order valence-electron chi connectivity index (χ1n) is 3.75. The maximum absolute atomic E-state index is 2.25. The minimum Gasteiger partial charge on any atom is -0.142 e. The molecule has 0 aliphatic carbocycles. The predicted octanol–water partition coefficient (Wildman–Crippen LogP) is 4.30. The second kappa shape index (κ2) is 3.05. The first kappa shape index (κ1) is 8.60. The Labute approximate surface area is 84.6 Å². The van der Waals surface area contributed by atoms with Gasteiger partial charge in [0.15, 0.2) is 0 Å². The molecule has 0 spiro atoms. The summed E-state index contributed by atoms with van der Waals surface area (Å²) in [4.78, 5) is 0. The molecule has 3 heteroatoms. The Bertz CT molecular complexity index is 408. The van der Waals surface area contributed by atoms with E-state index >= 15 is 0 Å². The van der Waals surface area contributed by atoms with Crippen molar-refractivity contribution >= 4 is 43.8 Å². The molecular formula is C9H10S3. The van der Waals surface area contributed by atoms with Gasteiger partial charge in [0.1, 0.15) is 0 Å². The molecule has 0 N–H and O–H groups in total. The van der Waals surface area contributed by atoms with Gasteiger partial charge in [0.05, 0.1) is 4.21 Å². The molecule has 0 fully saturated rings. The van der Waals surface area contributed by atoms with Gasteiger partial charge < -0.3 is 0 Å². The Morgan fingerprint density at radius 1 is 1.25 bits per heavy atom. The van der Waals surface area contributed by atoms with Gasteiger partial charge in [0.2, 0.25) is 0 Å². The van der Waals surface area contributed by atoms with Crippen LogP contribution >= 0.6 is 34.4 Å². The Morgan fingerprint density at radius 3 is 2.58 bits per heavy atom. The van der Waals surface area contributed by atoms with E-state index in [4.69, 9.17) is 0 Å². The van der Waals surface area contributed by atoms with Gasteiger partial charge in [-0.1, -0.05) is 0 Å². The van der Waals surface area contributed by atoms with E-state index in [0.717, 1.165) is 0 Å². The van der Waals surface area contributed by atoms with E-state index in [0.29, 0.717) is 0 Å². The second-order valence-electron chi connectivity index (χ2n) is 2.80. The van der Waals surface area contributed by atoms with Crippen molar-refractivity contribution in [2.75, 3.05) is 6.26 Å². The number of aryl methyl sites for hydroxylation is 2. The van der Waals surface area contributed by atoms with Crippen LogP contribution in [-0.2, 0) is 0 Å². The first-order chi connectivity index (χ1) is 5.74. The molecule has 0 aromatic carbocycles. The van der Waals surface area contributed by atoms with E-state index in [1.807, 2.05) is 34.4 Å². The van der Waals surface area contributed by atoms with Crippen LogP contribution in [0.1, 0.15) is 11.1 Å². The normalized spacial score (nSPS) is 11.2. The summed E-state index contributed by atoms with van der Waals surface area (Å²) in [6.07, 6.45) is 2.15. The zero-order valence-electron chi connectivity index (χ0n) is 7.30. The first-order valence-corrected chi connectivity index (χ1v) is 6.67. The fourth-order valence-corrected chi connectivity index (χ4v) is 4.61. The zero-order chi connectivity index (χ0) is 8.72. The molecule has 0 aliphatic rings. The van der Waals surface area contributed by atoms with E-state index in [1.54, 1.807) is 0 Å². The van der Waals surface area contributed by atoms with Gasteiger partial charge in [-0.05, 0) is 36.6 Å². The highest BCUT2D eigenvalue weighted by atomic mass is 32.2. The third-order valence-corrected chi connectivity index (χ3v) is 5.94. The number of thiophene rings is 2. The average Bonchev–Trinajstić information content (AvgIpc) is 2.55. The molecule has 0 saturated carbocycles. The predicted molar refractivity (Wildman–Crippen MR) is 61.0 cm³/mol. The van der Waals surface area contributed by atoms with Crippen molar-refractivity contribution < 1.29 is 0 Å². The van der Waals surface area contributed by atoms with Crippen molar-refractivity contribution in [2.45, 2.75) is 18.1 Å². The number of hydrogen-bond donors (Lipinski definition) is 0. The monoisotopic (exact) mass is 214 g/mol. The van der Waals surface area contributed by atoms with Crippen molar-refractivity contribution in [3.63, 3.8) is 0 Å². The van der Waals surface area contributed by atoms with Crippen molar-refractivity contribution in [1.82, 2.24) is 0 Å². The SMILES string of the molecule is CSc1sc2c(C)csc2c1C. The highest BCUT2D eigenvalue weighted by molar-refractivity contribution is 8.00. The Morgan fingerprint density at radius 2 is 2.00 bits per heavy atom. The molecule has 0 radical (unpaired) electrons. The van der Waals surface area contributed by atoms with E-state index < -0.39 is 0 Å². The highest BCUT2D eigenvalue weighted by Crippen LogP contribution is 2.41. The lowest BCUT2D eigenvalue weighted by Gasteiger charge is -1.89. The molecule has 64 valence electrons. The van der Waals surface area contributed by atoms with E-state index in [2.05, 4.69) is 25.5 Å². The van der Waals surface area contributed by atoms with Gasteiger partial charge in [0, 0.05) is 9.40 Å². The molecule has 0 amide bonds. The largest absolute Gasteiger partial charge is 0.142 e. The molecular weight excluding hydrogens is 204 g/mol. The standard InChI is InChI=1S/C9H10S3/c1-5-4-11-8-6(2)9(10-3)12-7(5)8/h4H,1-3H3. The van der Waals surface area contributed by atoms with Crippen molar-refractivity contribution in [2.24, 2.45) is 0 Å². The third-order valence-electron chi connectivity index (χ3n) is 1.94. The minimum atomic E-state index is 1.43. The summed E-state index contributed by atoms with van der Waals surface area (Å²) >= 11 is 5.66. The topological polar surface area (TPSA) is 0 Å². The van der Waals surface area contributed by atoms with E-state index in [9.17, 15) is 0 Å². The fourth-order valence-electron chi connectivity index (χ4n) is 1.28. The number of rotatable bonds is 1. The van der Waals surface area contributed by atoms with Gasteiger partial charge in [-0.3, -0.25) is 0 Å². The van der Waals surface area contributed by atoms with Crippen LogP contribution in [0.5, 0.6) is 0 Å². The van der Waals surface area contributed by atoms with E-state index in [1.165, 1.54) is 24.7 Å². The summed E-state index contributed by atoms with van der Waals surface area (Å²) in [6.45, 7) is 4.42. The van der Waals surface area contributed by atoms with Crippen LogP contribution in [0.2, 0.25) is 0 Å². The van der Waals surface area contributed by atoms with Crippen LogP contribution in [0.15, 0.2) is 9.59 Å². The summed E-state index contributed by atoms with van der Waals surface area (Å²) < 4.78 is 4.45. The van der Waals surface area contributed by atoms with Gasteiger partial charge in [0.25, 0.3) is 0 Å². The molecule has 2 aromatic heterocycles. The van der Waals surface area contributed by atoms with Gasteiger partial charge in [-0.25, -0.2) is 0 Å². The molecule has 0 atom stereocenters. The molecule has 2 aromatic rings. The molecule has 0 unspecified atom stereocenters. The maximum atomic E-state index is 2.25. The number of thioether (sulfide) groups is 1. The highest BCUT2D eigenvalue weighted by Gasteiger charge is 2.10.